The van der Waals surface area contributed by atoms with Crippen molar-refractivity contribution in [3.63, 3.8) is 0 Å². The van der Waals surface area contributed by atoms with Crippen molar-refractivity contribution >= 4 is 0 Å². The summed E-state index contributed by atoms with van der Waals surface area (Å²) in [5, 5.41) is 8.45. The molecule has 0 bridgehead atoms. The van der Waals surface area contributed by atoms with Gasteiger partial charge in [-0.1, -0.05) is 0 Å². The molecule has 0 saturated carbocycles. The van der Waals surface area contributed by atoms with Crippen LogP contribution in [0.15, 0.2) is 0 Å². The lowest BCUT2D eigenvalue weighted by molar-refractivity contribution is -0.157. The van der Waals surface area contributed by atoms with E-state index in [-0.39, 0.29) is 6.29 Å². The van der Waals surface area contributed by atoms with Crippen LogP contribution in [0.5, 0.6) is 0 Å². The van der Waals surface area contributed by atoms with Crippen LogP contribution < -0.4 is 0 Å². The van der Waals surface area contributed by atoms with Crippen molar-refractivity contribution in [2.24, 2.45) is 0 Å². The first kappa shape index (κ1) is 14.3. The Morgan fingerprint density at radius 2 is 1.53 bits per heavy atom. The number of methoxy groups -OCH3 is 2. The fourth-order valence-corrected chi connectivity index (χ4v) is 0.923. The number of nitriles is 1. The highest BCUT2D eigenvalue weighted by atomic mass is 16.7. The van der Waals surface area contributed by atoms with Crippen LogP contribution in [0, 0.1) is 11.3 Å². The van der Waals surface area contributed by atoms with Gasteiger partial charge >= 0.3 is 0 Å². The maximum absolute atomic E-state index is 8.45. The van der Waals surface area contributed by atoms with Crippen molar-refractivity contribution in [1.82, 2.24) is 0 Å². The maximum Gasteiger partial charge on any atom is 0.158 e. The number of nitrogens with zero attached hydrogens (tertiary/aromatic N) is 1. The molecule has 0 rings (SSSR count). The molecule has 0 aromatic carbocycles. The topological polar surface area (TPSA) is 60.7 Å². The van der Waals surface area contributed by atoms with Crippen LogP contribution in [0.2, 0.25) is 0 Å². The lowest BCUT2D eigenvalue weighted by Gasteiger charge is -2.17. The van der Waals surface area contributed by atoms with Crippen molar-refractivity contribution in [2.75, 3.05) is 40.6 Å². The average molecular weight is 217 g/mol. The van der Waals surface area contributed by atoms with E-state index in [1.807, 2.05) is 0 Å². The maximum atomic E-state index is 8.45. The third kappa shape index (κ3) is 9.63. The molecule has 0 fully saturated rings. The van der Waals surface area contributed by atoms with Gasteiger partial charge in [0.2, 0.25) is 0 Å². The Labute approximate surface area is 90.9 Å². The summed E-state index contributed by atoms with van der Waals surface area (Å²) in [4.78, 5) is 0. The smallest absolute Gasteiger partial charge is 0.158 e. The van der Waals surface area contributed by atoms with Gasteiger partial charge in [-0.05, 0) is 0 Å². The van der Waals surface area contributed by atoms with Crippen molar-refractivity contribution in [3.05, 3.63) is 0 Å². The number of hydrogen-bond donors (Lipinski definition) is 0. The summed E-state index contributed by atoms with van der Waals surface area (Å²) in [7, 11) is 3.22. The van der Waals surface area contributed by atoms with Gasteiger partial charge in [-0.25, -0.2) is 0 Å². The van der Waals surface area contributed by atoms with E-state index in [0.29, 0.717) is 39.3 Å². The zero-order chi connectivity index (χ0) is 11.4. The molecule has 5 nitrogen and oxygen atoms in total. The third-order valence-corrected chi connectivity index (χ3v) is 1.67. The summed E-state index contributed by atoms with van der Waals surface area (Å²) in [5.74, 6) is 0. The van der Waals surface area contributed by atoms with Crippen LogP contribution in [0.1, 0.15) is 12.8 Å². The van der Waals surface area contributed by atoms with Crippen LogP contribution >= 0.6 is 0 Å². The van der Waals surface area contributed by atoms with Crippen molar-refractivity contribution in [1.29, 1.82) is 5.26 Å². The number of hydrogen-bond acceptors (Lipinski definition) is 5. The SMILES string of the molecule is COCCOC(CCC#N)OCCOC. The van der Waals surface area contributed by atoms with Gasteiger partial charge in [0.15, 0.2) is 6.29 Å². The van der Waals surface area contributed by atoms with Gasteiger partial charge in [-0.15, -0.1) is 0 Å². The summed E-state index contributed by atoms with van der Waals surface area (Å²) >= 11 is 0. The van der Waals surface area contributed by atoms with Crippen LogP contribution in [0.25, 0.3) is 0 Å². The normalized spacial score (nSPS) is 10.5. The van der Waals surface area contributed by atoms with E-state index < -0.39 is 0 Å². The Morgan fingerprint density at radius 3 is 1.93 bits per heavy atom. The predicted molar refractivity (Wildman–Crippen MR) is 54.3 cm³/mol. The van der Waals surface area contributed by atoms with Gasteiger partial charge in [-0.3, -0.25) is 0 Å². The fourth-order valence-electron chi connectivity index (χ4n) is 0.923. The molecule has 0 aromatic rings. The van der Waals surface area contributed by atoms with E-state index in [1.54, 1.807) is 14.2 Å². The van der Waals surface area contributed by atoms with Gasteiger partial charge < -0.3 is 18.9 Å². The largest absolute Gasteiger partial charge is 0.382 e. The lowest BCUT2D eigenvalue weighted by atomic mass is 10.3. The van der Waals surface area contributed by atoms with Gasteiger partial charge in [0.1, 0.15) is 0 Å². The highest BCUT2D eigenvalue weighted by Crippen LogP contribution is 2.03. The van der Waals surface area contributed by atoms with E-state index in [1.165, 1.54) is 0 Å². The van der Waals surface area contributed by atoms with Gasteiger partial charge in [0, 0.05) is 27.1 Å². The molecule has 0 aliphatic heterocycles. The third-order valence-electron chi connectivity index (χ3n) is 1.67. The fraction of sp³-hybridized carbons (Fsp3) is 0.900. The summed E-state index contributed by atoms with van der Waals surface area (Å²) in [6.45, 7) is 1.99. The van der Waals surface area contributed by atoms with Gasteiger partial charge in [-0.2, -0.15) is 5.26 Å². The average Bonchev–Trinajstić information content (AvgIpc) is 2.25. The van der Waals surface area contributed by atoms with E-state index in [2.05, 4.69) is 6.07 Å². The predicted octanol–water partition coefficient (Wildman–Crippen LogP) is 0.942. The zero-order valence-corrected chi connectivity index (χ0v) is 9.40. The summed E-state index contributed by atoms with van der Waals surface area (Å²) in [5.41, 5.74) is 0. The minimum atomic E-state index is -0.338. The molecule has 0 atom stereocenters. The Hall–Kier alpha value is -0.670. The molecule has 0 aliphatic carbocycles. The van der Waals surface area contributed by atoms with E-state index in [9.17, 15) is 0 Å². The monoisotopic (exact) mass is 217 g/mol. The summed E-state index contributed by atoms with van der Waals surface area (Å²) in [6.07, 6.45) is 0.657. The van der Waals surface area contributed by atoms with E-state index in [0.717, 1.165) is 0 Å². The quantitative estimate of drug-likeness (QED) is 0.402. The standard InChI is InChI=1S/C10H19NO4/c1-12-6-8-14-10(4-3-5-11)15-9-7-13-2/h10H,3-4,6-9H2,1-2H3. The Balaban J connectivity index is 3.59. The molecular weight excluding hydrogens is 198 g/mol. The molecule has 0 N–H and O–H groups in total. The highest BCUT2D eigenvalue weighted by Gasteiger charge is 2.08. The number of rotatable bonds is 10. The first-order chi connectivity index (χ1) is 7.35. The molecule has 15 heavy (non-hydrogen) atoms. The van der Waals surface area contributed by atoms with Crippen molar-refractivity contribution in [2.45, 2.75) is 19.1 Å². The minimum absolute atomic E-state index is 0.338. The molecule has 0 saturated heterocycles. The first-order valence-electron chi connectivity index (χ1n) is 4.93. The molecule has 88 valence electrons. The molecule has 0 unspecified atom stereocenters. The zero-order valence-electron chi connectivity index (χ0n) is 9.40. The van der Waals surface area contributed by atoms with Crippen LogP contribution in [0.4, 0.5) is 0 Å². The first-order valence-corrected chi connectivity index (χ1v) is 4.93. The van der Waals surface area contributed by atoms with Crippen molar-refractivity contribution in [3.8, 4) is 6.07 Å². The van der Waals surface area contributed by atoms with Crippen molar-refractivity contribution < 1.29 is 18.9 Å². The second-order valence-electron chi connectivity index (χ2n) is 2.85. The molecule has 0 aliphatic rings. The minimum Gasteiger partial charge on any atom is -0.382 e. The second-order valence-corrected chi connectivity index (χ2v) is 2.85. The summed E-state index contributed by atoms with van der Waals surface area (Å²) in [6, 6.07) is 2.06. The molecule has 0 heterocycles. The van der Waals surface area contributed by atoms with E-state index >= 15 is 0 Å². The van der Waals surface area contributed by atoms with Gasteiger partial charge in [0.05, 0.1) is 32.5 Å². The molecule has 0 amide bonds. The Morgan fingerprint density at radius 1 is 1.00 bits per heavy atom. The highest BCUT2D eigenvalue weighted by molar-refractivity contribution is 4.69. The number of ether oxygens (including phenoxy) is 4. The Kier molecular flexibility index (Phi) is 10.9. The molecule has 0 radical (unpaired) electrons. The molecular formula is C10H19NO4. The van der Waals surface area contributed by atoms with E-state index in [4.69, 9.17) is 24.2 Å². The molecule has 5 heteroatoms. The second kappa shape index (κ2) is 11.4. The van der Waals surface area contributed by atoms with Crippen LogP contribution in [0.3, 0.4) is 0 Å². The molecule has 0 spiro atoms. The molecule has 0 aromatic heterocycles. The van der Waals surface area contributed by atoms with Crippen LogP contribution in [-0.2, 0) is 18.9 Å². The van der Waals surface area contributed by atoms with Crippen LogP contribution in [-0.4, -0.2) is 46.9 Å². The van der Waals surface area contributed by atoms with Gasteiger partial charge in [0.25, 0.3) is 0 Å². The Bertz CT molecular complexity index is 159. The lowest BCUT2D eigenvalue weighted by Crippen LogP contribution is -2.21. The summed E-state index contributed by atoms with van der Waals surface area (Å²) < 4.78 is 20.5.